The molecule has 0 amide bonds. The maximum atomic E-state index is 5.07. The predicted molar refractivity (Wildman–Crippen MR) is 82.7 cm³/mol. The third-order valence-corrected chi connectivity index (χ3v) is 3.12. The molecule has 0 spiro atoms. The molecule has 0 unspecified atom stereocenters. The van der Waals surface area contributed by atoms with Crippen LogP contribution in [0.25, 0.3) is 11.1 Å². The monoisotopic (exact) mass is 465 g/mol. The van der Waals surface area contributed by atoms with Crippen molar-refractivity contribution in [2.24, 2.45) is 0 Å². The molecule has 1 nitrogen and oxygen atoms in total. The number of thiocarbonyl (C=S) groups is 1. The molecule has 1 heterocycles. The first-order valence-electron chi connectivity index (χ1n) is 5.98. The van der Waals surface area contributed by atoms with Crippen molar-refractivity contribution >= 4 is 29.0 Å². The van der Waals surface area contributed by atoms with Crippen molar-refractivity contribution in [3.63, 3.8) is 0 Å². The predicted octanol–water partition coefficient (Wildman–Crippen LogP) is 3.92. The summed E-state index contributed by atoms with van der Waals surface area (Å²) in [6.45, 7) is 2.14. The van der Waals surface area contributed by atoms with E-state index in [0.29, 0.717) is 4.20 Å². The van der Waals surface area contributed by atoms with E-state index in [4.69, 9.17) is 24.8 Å². The molecule has 19 heavy (non-hydrogen) atoms. The number of benzene rings is 1. The Morgan fingerprint density at radius 1 is 1.16 bits per heavy atom. The van der Waals surface area contributed by atoms with E-state index in [-0.39, 0.29) is 20.1 Å². The van der Waals surface area contributed by atoms with Gasteiger partial charge in [-0.1, -0.05) is 43.7 Å². The molecule has 0 aliphatic heterocycles. The molecule has 0 bridgehead atoms. The van der Waals surface area contributed by atoms with Gasteiger partial charge in [0.05, 0.1) is 5.69 Å². The van der Waals surface area contributed by atoms with Crippen molar-refractivity contribution in [1.29, 1.82) is 0 Å². The van der Waals surface area contributed by atoms with Gasteiger partial charge in [0.15, 0.2) is 0 Å². The number of aryl methyl sites for hydroxylation is 1. The Labute approximate surface area is 138 Å². The van der Waals surface area contributed by atoms with Crippen LogP contribution < -0.4 is 0 Å². The average molecular weight is 465 g/mol. The fraction of sp³-hybridized carbons (Fsp3) is 0.200. The molecular formula is C15H14IrNS2-. The number of hydrogen-bond acceptors (Lipinski definition) is 3. The quantitative estimate of drug-likeness (QED) is 0.503. The van der Waals surface area contributed by atoms with Crippen LogP contribution in [0.3, 0.4) is 0 Å². The summed E-state index contributed by atoms with van der Waals surface area (Å²) in [7, 11) is 0. The van der Waals surface area contributed by atoms with Gasteiger partial charge in [-0.3, -0.25) is 4.98 Å². The summed E-state index contributed by atoms with van der Waals surface area (Å²) >= 11 is 10.1. The summed E-state index contributed by atoms with van der Waals surface area (Å²) in [5, 5.41) is 0. The minimum atomic E-state index is 0. The van der Waals surface area contributed by atoms with E-state index >= 15 is 0 Å². The third-order valence-electron chi connectivity index (χ3n) is 2.70. The molecule has 0 atom stereocenters. The Bertz CT molecular complexity index is 555. The van der Waals surface area contributed by atoms with Crippen LogP contribution >= 0.6 is 12.2 Å². The molecule has 0 saturated carbocycles. The molecule has 4 heteroatoms. The summed E-state index contributed by atoms with van der Waals surface area (Å²) in [6, 6.07) is 14.3. The summed E-state index contributed by atoms with van der Waals surface area (Å²) in [5.41, 5.74) is 4.10. The largest absolute Gasteiger partial charge is 0.427 e. The van der Waals surface area contributed by atoms with Gasteiger partial charge in [0.25, 0.3) is 0 Å². The van der Waals surface area contributed by atoms with Gasteiger partial charge >= 0.3 is 0 Å². The van der Waals surface area contributed by atoms with Crippen LogP contribution in [0.15, 0.2) is 42.5 Å². The van der Waals surface area contributed by atoms with E-state index in [1.807, 2.05) is 24.3 Å². The summed E-state index contributed by atoms with van der Waals surface area (Å²) in [5.74, 6) is 0. The number of aromatic nitrogens is 1. The van der Waals surface area contributed by atoms with Crippen LogP contribution in [0.2, 0.25) is 0 Å². The molecule has 2 rings (SSSR count). The van der Waals surface area contributed by atoms with E-state index in [1.165, 1.54) is 5.56 Å². The maximum Gasteiger partial charge on any atom is 0.0517 e. The van der Waals surface area contributed by atoms with E-state index in [9.17, 15) is 0 Å². The zero-order valence-electron chi connectivity index (χ0n) is 10.6. The maximum absolute atomic E-state index is 5.07. The van der Waals surface area contributed by atoms with Crippen LogP contribution in [-0.2, 0) is 39.2 Å². The first kappa shape index (κ1) is 16.4. The van der Waals surface area contributed by atoms with Crippen molar-refractivity contribution in [2.45, 2.75) is 19.8 Å². The summed E-state index contributed by atoms with van der Waals surface area (Å²) in [6.07, 6.45) is 2.01. The second-order valence-corrected chi connectivity index (χ2v) is 5.21. The van der Waals surface area contributed by atoms with Crippen LogP contribution in [0.1, 0.15) is 24.7 Å². The Hall–Kier alpha value is -0.671. The molecular weight excluding hydrogens is 451 g/mol. The zero-order valence-corrected chi connectivity index (χ0v) is 14.6. The smallest absolute Gasteiger partial charge is 0.0517 e. The van der Waals surface area contributed by atoms with Crippen LogP contribution in [0.4, 0.5) is 0 Å². The van der Waals surface area contributed by atoms with Crippen LogP contribution in [-0.4, -0.2) is 9.18 Å². The van der Waals surface area contributed by atoms with E-state index < -0.39 is 0 Å². The molecule has 0 saturated heterocycles. The minimum Gasteiger partial charge on any atom is -0.427 e. The van der Waals surface area contributed by atoms with Crippen molar-refractivity contribution < 1.29 is 20.1 Å². The molecule has 1 aromatic heterocycles. The second-order valence-electron chi connectivity index (χ2n) is 4.14. The van der Waals surface area contributed by atoms with E-state index in [0.717, 1.165) is 29.8 Å². The summed E-state index contributed by atoms with van der Waals surface area (Å²) < 4.78 is 0.435. The Morgan fingerprint density at radius 3 is 2.42 bits per heavy atom. The van der Waals surface area contributed by atoms with Gasteiger partial charge in [-0.2, -0.15) is 0 Å². The SMILES string of the molecule is CCCc1cc(-c2ccccc2)cc(C(=S)[S-])n1.[Ir]. The normalized spacial score (nSPS) is 9.74. The average Bonchev–Trinajstić information content (AvgIpc) is 2.40. The van der Waals surface area contributed by atoms with E-state index in [2.05, 4.69) is 30.1 Å². The van der Waals surface area contributed by atoms with E-state index in [1.54, 1.807) is 0 Å². The van der Waals surface area contributed by atoms with Gasteiger partial charge in [-0.05, 0) is 29.7 Å². The topological polar surface area (TPSA) is 12.9 Å². The molecule has 101 valence electrons. The Kier molecular flexibility index (Phi) is 6.73. The van der Waals surface area contributed by atoms with Gasteiger partial charge in [-0.25, -0.2) is 0 Å². The number of rotatable bonds is 4. The van der Waals surface area contributed by atoms with Crippen molar-refractivity contribution in [3.8, 4) is 11.1 Å². The van der Waals surface area contributed by atoms with Gasteiger partial charge in [0.2, 0.25) is 0 Å². The van der Waals surface area contributed by atoms with Gasteiger partial charge in [0, 0.05) is 25.8 Å². The zero-order chi connectivity index (χ0) is 13.0. The van der Waals surface area contributed by atoms with Crippen molar-refractivity contribution in [1.82, 2.24) is 4.98 Å². The third kappa shape index (κ3) is 4.43. The molecule has 1 aromatic carbocycles. The first-order chi connectivity index (χ1) is 8.70. The first-order valence-corrected chi connectivity index (χ1v) is 6.80. The Balaban J connectivity index is 0.00000180. The molecule has 0 aliphatic rings. The number of hydrogen-bond donors (Lipinski definition) is 0. The van der Waals surface area contributed by atoms with Crippen LogP contribution in [0, 0.1) is 0 Å². The van der Waals surface area contributed by atoms with Crippen LogP contribution in [0.5, 0.6) is 0 Å². The van der Waals surface area contributed by atoms with Crippen molar-refractivity contribution in [2.75, 3.05) is 0 Å². The van der Waals surface area contributed by atoms with Gasteiger partial charge < -0.3 is 24.8 Å². The molecule has 0 fully saturated rings. The number of nitrogens with zero attached hydrogens (tertiary/aromatic N) is 1. The standard InChI is InChI=1S/C15H15NS2.Ir/c1-2-6-13-9-12(10-14(16-13)15(17)18)11-7-4-3-5-8-11;/h3-5,7-10H,2,6H2,1H3,(H,17,18);/p-1. The molecule has 1 radical (unpaired) electrons. The fourth-order valence-electron chi connectivity index (χ4n) is 1.87. The minimum absolute atomic E-state index is 0. The van der Waals surface area contributed by atoms with Gasteiger partial charge in [-0.15, -0.1) is 4.20 Å². The summed E-state index contributed by atoms with van der Waals surface area (Å²) in [4.78, 5) is 4.50. The second kappa shape index (κ2) is 7.81. The number of pyridine rings is 1. The fourth-order valence-corrected chi connectivity index (χ4v) is 2.08. The van der Waals surface area contributed by atoms with Crippen molar-refractivity contribution in [3.05, 3.63) is 53.9 Å². The van der Waals surface area contributed by atoms with Gasteiger partial charge in [0.1, 0.15) is 0 Å². The Morgan fingerprint density at radius 2 is 1.84 bits per heavy atom. The molecule has 0 aliphatic carbocycles. The molecule has 0 N–H and O–H groups in total. The molecule has 2 aromatic rings.